The molecule has 0 spiro atoms. The Bertz CT molecular complexity index is 527. The van der Waals surface area contributed by atoms with Crippen LogP contribution in [0.4, 0.5) is 0 Å². The van der Waals surface area contributed by atoms with Gasteiger partial charge in [-0.3, -0.25) is 0 Å². The van der Waals surface area contributed by atoms with Gasteiger partial charge in [-0.15, -0.1) is 0 Å². The van der Waals surface area contributed by atoms with E-state index in [4.69, 9.17) is 0 Å². The molecule has 0 aliphatic rings. The van der Waals surface area contributed by atoms with E-state index in [1.54, 1.807) is 6.92 Å². The first-order chi connectivity index (χ1) is 7.08. The average molecular weight is 209 g/mol. The molecule has 0 aromatic carbocycles. The van der Waals surface area contributed by atoms with Crippen molar-refractivity contribution in [2.24, 2.45) is 0 Å². The van der Waals surface area contributed by atoms with Gasteiger partial charge in [0.2, 0.25) is 0 Å². The first-order valence-corrected chi connectivity index (χ1v) is 4.31. The van der Waals surface area contributed by atoms with E-state index in [-0.39, 0.29) is 6.54 Å². The molecular weight excluding hydrogens is 198 g/mol. The van der Waals surface area contributed by atoms with Crippen LogP contribution in [0.15, 0.2) is 27.5 Å². The van der Waals surface area contributed by atoms with Gasteiger partial charge in [-0.2, -0.15) is 0 Å². The molecule has 6 heteroatoms. The summed E-state index contributed by atoms with van der Waals surface area (Å²) in [6.45, 7) is 8.48. The molecule has 1 aromatic heterocycles. The molecule has 6 nitrogen and oxygen atoms in total. The summed E-state index contributed by atoms with van der Waals surface area (Å²) in [6, 6.07) is 0. The van der Waals surface area contributed by atoms with Gasteiger partial charge in [0, 0.05) is 18.9 Å². The maximum Gasteiger partial charge on any atom is 0.344 e. The SMILES string of the molecule is C=Cn1c(=O)n(C=C)c(=O)n(CC)c1=O. The number of hydrogen-bond donors (Lipinski definition) is 0. The van der Waals surface area contributed by atoms with E-state index in [0.717, 1.165) is 26.1 Å². The Kier molecular flexibility index (Phi) is 2.89. The summed E-state index contributed by atoms with van der Waals surface area (Å²) in [5, 5.41) is 0. The highest BCUT2D eigenvalue weighted by Gasteiger charge is 2.09. The predicted molar refractivity (Wildman–Crippen MR) is 57.7 cm³/mol. The van der Waals surface area contributed by atoms with Crippen LogP contribution < -0.4 is 17.1 Å². The number of rotatable bonds is 3. The largest absolute Gasteiger partial charge is 0.344 e. The van der Waals surface area contributed by atoms with Gasteiger partial charge in [-0.1, -0.05) is 13.2 Å². The maximum absolute atomic E-state index is 11.5. The van der Waals surface area contributed by atoms with Crippen molar-refractivity contribution in [2.75, 3.05) is 0 Å². The summed E-state index contributed by atoms with van der Waals surface area (Å²) in [6.07, 6.45) is 2.13. The van der Waals surface area contributed by atoms with Crippen LogP contribution in [0.2, 0.25) is 0 Å². The van der Waals surface area contributed by atoms with Crippen LogP contribution in [0.5, 0.6) is 0 Å². The van der Waals surface area contributed by atoms with E-state index < -0.39 is 17.1 Å². The molecule has 0 fully saturated rings. The van der Waals surface area contributed by atoms with Gasteiger partial charge in [0.15, 0.2) is 0 Å². The van der Waals surface area contributed by atoms with Gasteiger partial charge < -0.3 is 0 Å². The minimum Gasteiger partial charge on any atom is -0.247 e. The molecule has 0 aliphatic carbocycles. The first-order valence-electron chi connectivity index (χ1n) is 4.31. The first kappa shape index (κ1) is 11.0. The van der Waals surface area contributed by atoms with Gasteiger partial charge >= 0.3 is 17.1 Å². The smallest absolute Gasteiger partial charge is 0.247 e. The van der Waals surface area contributed by atoms with E-state index in [0.29, 0.717) is 0 Å². The zero-order valence-electron chi connectivity index (χ0n) is 8.34. The second-order valence-corrected chi connectivity index (χ2v) is 2.70. The van der Waals surface area contributed by atoms with Crippen molar-refractivity contribution in [3.8, 4) is 0 Å². The molecule has 0 bridgehead atoms. The lowest BCUT2D eigenvalue weighted by atomic mass is 10.7. The lowest BCUT2D eigenvalue weighted by Gasteiger charge is -2.06. The standard InChI is InChI=1S/C9H11N3O3/c1-4-10-7(13)11(5-2)9(15)12(6-3)8(10)14/h4-5H,1-2,6H2,3H3. The van der Waals surface area contributed by atoms with Crippen LogP contribution in [-0.4, -0.2) is 13.7 Å². The molecule has 0 saturated carbocycles. The van der Waals surface area contributed by atoms with Crippen molar-refractivity contribution in [1.82, 2.24) is 13.7 Å². The molecule has 15 heavy (non-hydrogen) atoms. The Hall–Kier alpha value is -2.11. The topological polar surface area (TPSA) is 66.0 Å². The zero-order valence-corrected chi connectivity index (χ0v) is 8.34. The molecule has 0 atom stereocenters. The molecule has 0 N–H and O–H groups in total. The average Bonchev–Trinajstić information content (AvgIpc) is 2.19. The molecule has 0 radical (unpaired) electrons. The van der Waals surface area contributed by atoms with E-state index in [1.807, 2.05) is 0 Å². The molecule has 1 rings (SSSR count). The number of nitrogens with zero attached hydrogens (tertiary/aromatic N) is 3. The molecule has 1 aromatic rings. The van der Waals surface area contributed by atoms with E-state index in [2.05, 4.69) is 13.2 Å². The molecule has 0 unspecified atom stereocenters. The fraction of sp³-hybridized carbons (Fsp3) is 0.222. The third kappa shape index (κ3) is 1.50. The molecule has 80 valence electrons. The van der Waals surface area contributed by atoms with Crippen LogP contribution in [0.25, 0.3) is 12.4 Å². The molecule has 0 aliphatic heterocycles. The molecule has 0 amide bonds. The predicted octanol–water partition coefficient (Wildman–Crippen LogP) is -0.607. The summed E-state index contributed by atoms with van der Waals surface area (Å²) in [5.41, 5.74) is -2.15. The summed E-state index contributed by atoms with van der Waals surface area (Å²) in [5.74, 6) is 0. The van der Waals surface area contributed by atoms with Gasteiger partial charge in [-0.05, 0) is 6.92 Å². The van der Waals surface area contributed by atoms with Crippen molar-refractivity contribution in [1.29, 1.82) is 0 Å². The fourth-order valence-electron chi connectivity index (χ4n) is 1.20. The van der Waals surface area contributed by atoms with Crippen LogP contribution >= 0.6 is 0 Å². The van der Waals surface area contributed by atoms with E-state index in [9.17, 15) is 14.4 Å². The summed E-state index contributed by atoms with van der Waals surface area (Å²) in [4.78, 5) is 34.6. The summed E-state index contributed by atoms with van der Waals surface area (Å²) in [7, 11) is 0. The summed E-state index contributed by atoms with van der Waals surface area (Å²) < 4.78 is 2.43. The Labute approximate surface area is 85.0 Å². The van der Waals surface area contributed by atoms with Crippen molar-refractivity contribution in [2.45, 2.75) is 13.5 Å². The van der Waals surface area contributed by atoms with Crippen molar-refractivity contribution in [3.63, 3.8) is 0 Å². The van der Waals surface area contributed by atoms with Crippen molar-refractivity contribution < 1.29 is 0 Å². The third-order valence-corrected chi connectivity index (χ3v) is 1.97. The highest BCUT2D eigenvalue weighted by atomic mass is 16.2. The van der Waals surface area contributed by atoms with Crippen LogP contribution in [0, 0.1) is 0 Å². The minimum absolute atomic E-state index is 0.180. The van der Waals surface area contributed by atoms with Gasteiger partial charge in [0.05, 0.1) is 0 Å². The summed E-state index contributed by atoms with van der Waals surface area (Å²) >= 11 is 0. The Balaban J connectivity index is 3.99. The van der Waals surface area contributed by atoms with Crippen LogP contribution in [0.3, 0.4) is 0 Å². The minimum atomic E-state index is -0.764. The Morgan fingerprint density at radius 1 is 1.00 bits per heavy atom. The monoisotopic (exact) mass is 209 g/mol. The Morgan fingerprint density at radius 3 is 1.67 bits per heavy atom. The Morgan fingerprint density at radius 2 is 1.40 bits per heavy atom. The maximum atomic E-state index is 11.5. The molecular formula is C9H11N3O3. The number of hydrogen-bond acceptors (Lipinski definition) is 3. The van der Waals surface area contributed by atoms with Crippen molar-refractivity contribution in [3.05, 3.63) is 44.6 Å². The van der Waals surface area contributed by atoms with Crippen LogP contribution in [0.1, 0.15) is 6.92 Å². The number of aromatic nitrogens is 3. The second kappa shape index (κ2) is 3.95. The van der Waals surface area contributed by atoms with Crippen molar-refractivity contribution >= 4 is 12.4 Å². The van der Waals surface area contributed by atoms with Gasteiger partial charge in [0.25, 0.3) is 0 Å². The molecule has 0 saturated heterocycles. The van der Waals surface area contributed by atoms with Gasteiger partial charge in [0.1, 0.15) is 0 Å². The van der Waals surface area contributed by atoms with Crippen LogP contribution in [-0.2, 0) is 6.54 Å². The zero-order chi connectivity index (χ0) is 11.6. The van der Waals surface area contributed by atoms with E-state index >= 15 is 0 Å². The molecule has 1 heterocycles. The third-order valence-electron chi connectivity index (χ3n) is 1.97. The fourth-order valence-corrected chi connectivity index (χ4v) is 1.20. The quantitative estimate of drug-likeness (QED) is 0.667. The normalized spacial score (nSPS) is 9.93. The lowest BCUT2D eigenvalue weighted by Crippen LogP contribution is -2.51. The van der Waals surface area contributed by atoms with E-state index in [1.165, 1.54) is 0 Å². The lowest BCUT2D eigenvalue weighted by molar-refractivity contribution is 0.585. The highest BCUT2D eigenvalue weighted by molar-refractivity contribution is 5.19. The second-order valence-electron chi connectivity index (χ2n) is 2.70. The van der Waals surface area contributed by atoms with Gasteiger partial charge in [-0.25, -0.2) is 28.1 Å². The highest BCUT2D eigenvalue weighted by Crippen LogP contribution is 1.75.